The van der Waals surface area contributed by atoms with Gasteiger partial charge in [-0.25, -0.2) is 4.98 Å². The molecule has 7 nitrogen and oxygen atoms in total. The monoisotopic (exact) mass is 473 g/mol. The van der Waals surface area contributed by atoms with Crippen LogP contribution < -0.4 is 5.32 Å². The van der Waals surface area contributed by atoms with E-state index in [4.69, 9.17) is 0 Å². The maximum atomic E-state index is 13.2. The molecule has 1 aliphatic heterocycles. The van der Waals surface area contributed by atoms with Crippen LogP contribution in [-0.2, 0) is 11.3 Å². The average Bonchev–Trinajstić information content (AvgIpc) is 3.42. The molecule has 174 valence electrons. The van der Waals surface area contributed by atoms with E-state index in [1.54, 1.807) is 6.20 Å². The van der Waals surface area contributed by atoms with E-state index in [-0.39, 0.29) is 17.7 Å². The van der Waals surface area contributed by atoms with Crippen LogP contribution in [0, 0.1) is 19.8 Å². The fourth-order valence-corrected chi connectivity index (χ4v) is 5.48. The molecule has 1 saturated heterocycles. The van der Waals surface area contributed by atoms with Crippen LogP contribution in [-0.4, -0.2) is 44.6 Å². The molecule has 0 unspecified atom stereocenters. The lowest BCUT2D eigenvalue weighted by Gasteiger charge is -2.31. The summed E-state index contributed by atoms with van der Waals surface area (Å²) in [6, 6.07) is 15.9. The summed E-state index contributed by atoms with van der Waals surface area (Å²) in [5.74, 6) is 0.461. The van der Waals surface area contributed by atoms with Gasteiger partial charge >= 0.3 is 0 Å². The van der Waals surface area contributed by atoms with Gasteiger partial charge in [-0.3, -0.25) is 14.3 Å². The number of carbonyl (C=O) groups excluding carboxylic acids is 2. The number of thiophene rings is 1. The summed E-state index contributed by atoms with van der Waals surface area (Å²) in [7, 11) is 0. The Kier molecular flexibility index (Phi) is 6.15. The van der Waals surface area contributed by atoms with Crippen LogP contribution in [0.3, 0.4) is 0 Å². The first-order valence-corrected chi connectivity index (χ1v) is 12.3. The van der Waals surface area contributed by atoms with Crippen LogP contribution in [0.4, 0.5) is 5.82 Å². The Bertz CT molecular complexity index is 1320. The van der Waals surface area contributed by atoms with Crippen molar-refractivity contribution in [3.63, 3.8) is 0 Å². The first-order chi connectivity index (χ1) is 16.5. The fraction of sp³-hybridized carbons (Fsp3) is 0.308. The molecule has 0 radical (unpaired) electrons. The number of carbonyl (C=O) groups is 2. The number of amides is 2. The van der Waals surface area contributed by atoms with Crippen molar-refractivity contribution in [1.82, 2.24) is 19.7 Å². The average molecular weight is 474 g/mol. The molecule has 0 saturated carbocycles. The molecule has 4 aromatic rings. The third-order valence-corrected chi connectivity index (χ3v) is 7.45. The van der Waals surface area contributed by atoms with Crippen molar-refractivity contribution in [3.8, 4) is 0 Å². The molecule has 0 atom stereocenters. The second kappa shape index (κ2) is 9.38. The lowest BCUT2D eigenvalue weighted by molar-refractivity contribution is -0.121. The zero-order valence-corrected chi connectivity index (χ0v) is 20.1. The van der Waals surface area contributed by atoms with Crippen LogP contribution in [0.5, 0.6) is 0 Å². The Hall–Kier alpha value is -3.52. The van der Waals surface area contributed by atoms with E-state index in [1.165, 1.54) is 16.9 Å². The van der Waals surface area contributed by atoms with Gasteiger partial charge < -0.3 is 10.2 Å². The van der Waals surface area contributed by atoms with Crippen molar-refractivity contribution < 1.29 is 9.59 Å². The molecule has 0 bridgehead atoms. The van der Waals surface area contributed by atoms with Crippen molar-refractivity contribution in [1.29, 1.82) is 0 Å². The fourth-order valence-electron chi connectivity index (χ4n) is 4.35. The minimum atomic E-state index is -0.115. The molecule has 34 heavy (non-hydrogen) atoms. The maximum Gasteiger partial charge on any atom is 0.264 e. The molecule has 0 spiro atoms. The first-order valence-electron chi connectivity index (χ1n) is 11.5. The number of nitrogens with zero attached hydrogens (tertiary/aromatic N) is 4. The maximum absolute atomic E-state index is 13.2. The number of anilines is 1. The number of nitrogens with one attached hydrogen (secondary N) is 1. The van der Waals surface area contributed by atoms with Gasteiger partial charge in [0.2, 0.25) is 5.91 Å². The number of piperidine rings is 1. The summed E-state index contributed by atoms with van der Waals surface area (Å²) in [5, 5.41) is 8.61. The molecule has 1 aliphatic rings. The lowest BCUT2D eigenvalue weighted by atomic mass is 9.95. The molecule has 1 N–H and O–H groups in total. The Morgan fingerprint density at radius 1 is 1.09 bits per heavy atom. The number of likely N-dealkylation sites (tertiary alicyclic amines) is 1. The zero-order valence-electron chi connectivity index (χ0n) is 19.3. The van der Waals surface area contributed by atoms with E-state index in [0.29, 0.717) is 38.3 Å². The molecule has 0 aliphatic carbocycles. The summed E-state index contributed by atoms with van der Waals surface area (Å²) in [6.45, 7) is 5.76. The third kappa shape index (κ3) is 4.59. The van der Waals surface area contributed by atoms with Crippen molar-refractivity contribution >= 4 is 39.2 Å². The molecule has 4 heterocycles. The van der Waals surface area contributed by atoms with Crippen molar-refractivity contribution in [2.45, 2.75) is 33.2 Å². The van der Waals surface area contributed by atoms with Crippen molar-refractivity contribution in [3.05, 3.63) is 76.4 Å². The molecular formula is C26H27N5O2S. The van der Waals surface area contributed by atoms with Crippen LogP contribution in [0.25, 0.3) is 10.2 Å². The number of benzene rings is 1. The summed E-state index contributed by atoms with van der Waals surface area (Å²) >= 11 is 1.50. The van der Waals surface area contributed by atoms with Crippen LogP contribution in [0.2, 0.25) is 0 Å². The number of hydrogen-bond acceptors (Lipinski definition) is 5. The van der Waals surface area contributed by atoms with Gasteiger partial charge in [0.15, 0.2) is 0 Å². The quantitative estimate of drug-likeness (QED) is 0.458. The second-order valence-electron chi connectivity index (χ2n) is 8.83. The largest absolute Gasteiger partial charge is 0.338 e. The van der Waals surface area contributed by atoms with E-state index in [9.17, 15) is 9.59 Å². The highest BCUT2D eigenvalue weighted by atomic mass is 32.1. The van der Waals surface area contributed by atoms with E-state index in [2.05, 4.69) is 27.5 Å². The molecule has 3 aromatic heterocycles. The minimum Gasteiger partial charge on any atom is -0.338 e. The highest BCUT2D eigenvalue weighted by Gasteiger charge is 2.29. The van der Waals surface area contributed by atoms with Crippen LogP contribution >= 0.6 is 11.3 Å². The number of hydrogen-bond donors (Lipinski definition) is 1. The number of aromatic nitrogens is 3. The highest BCUT2D eigenvalue weighted by molar-refractivity contribution is 7.20. The van der Waals surface area contributed by atoms with Crippen LogP contribution in [0.15, 0.2) is 54.7 Å². The smallest absolute Gasteiger partial charge is 0.264 e. The molecule has 8 heteroatoms. The van der Waals surface area contributed by atoms with Gasteiger partial charge in [-0.05, 0) is 49.9 Å². The van der Waals surface area contributed by atoms with E-state index in [1.807, 2.05) is 59.8 Å². The summed E-state index contributed by atoms with van der Waals surface area (Å²) < 4.78 is 1.98. The molecular weight excluding hydrogens is 446 g/mol. The lowest BCUT2D eigenvalue weighted by Crippen LogP contribution is -2.41. The zero-order chi connectivity index (χ0) is 23.7. The van der Waals surface area contributed by atoms with Gasteiger partial charge in [-0.2, -0.15) is 5.10 Å². The predicted molar refractivity (Wildman–Crippen MR) is 134 cm³/mol. The Morgan fingerprint density at radius 3 is 2.56 bits per heavy atom. The Morgan fingerprint density at radius 2 is 1.85 bits per heavy atom. The molecule has 1 fully saturated rings. The predicted octanol–water partition coefficient (Wildman–Crippen LogP) is 4.65. The summed E-state index contributed by atoms with van der Waals surface area (Å²) in [6.07, 6.45) is 3.03. The van der Waals surface area contributed by atoms with Crippen molar-refractivity contribution in [2.75, 3.05) is 18.4 Å². The van der Waals surface area contributed by atoms with E-state index < -0.39 is 0 Å². The van der Waals surface area contributed by atoms with E-state index in [0.717, 1.165) is 26.4 Å². The standard InChI is InChI=1S/C26H27N5O2S/c1-17-8-9-23(27-15-17)28-24(32)20-10-12-30(13-11-20)25(33)22-14-21-18(2)29-31(26(21)34-22)16-19-6-4-3-5-7-19/h3-9,14-15,20H,10-13,16H2,1-2H3,(H,27,28,32). The normalized spacial score (nSPS) is 14.5. The van der Waals surface area contributed by atoms with Gasteiger partial charge in [0.1, 0.15) is 10.6 Å². The first kappa shape index (κ1) is 22.3. The van der Waals surface area contributed by atoms with E-state index >= 15 is 0 Å². The van der Waals surface area contributed by atoms with Crippen LogP contribution in [0.1, 0.15) is 39.3 Å². The SMILES string of the molecule is Cc1ccc(NC(=O)C2CCN(C(=O)c3cc4c(C)nn(Cc5ccccc5)c4s3)CC2)nc1. The highest BCUT2D eigenvalue weighted by Crippen LogP contribution is 2.31. The van der Waals surface area contributed by atoms with Gasteiger partial charge in [0, 0.05) is 30.6 Å². The second-order valence-corrected chi connectivity index (χ2v) is 9.87. The molecule has 1 aromatic carbocycles. The Labute approximate surface area is 202 Å². The number of aryl methyl sites for hydroxylation is 2. The Balaban J connectivity index is 1.24. The molecule has 2 amide bonds. The third-order valence-electron chi connectivity index (χ3n) is 6.31. The van der Waals surface area contributed by atoms with Gasteiger partial charge in [0.25, 0.3) is 5.91 Å². The van der Waals surface area contributed by atoms with Crippen molar-refractivity contribution in [2.24, 2.45) is 5.92 Å². The van der Waals surface area contributed by atoms with Gasteiger partial charge in [0.05, 0.1) is 17.1 Å². The topological polar surface area (TPSA) is 80.1 Å². The summed E-state index contributed by atoms with van der Waals surface area (Å²) in [5.41, 5.74) is 3.16. The molecule has 5 rings (SSSR count). The van der Waals surface area contributed by atoms with Gasteiger partial charge in [-0.15, -0.1) is 11.3 Å². The number of rotatable bonds is 5. The number of fused-ring (bicyclic) bond motifs is 1. The number of pyridine rings is 1. The minimum absolute atomic E-state index is 0.0260. The van der Waals surface area contributed by atoms with Gasteiger partial charge in [-0.1, -0.05) is 36.4 Å². The summed E-state index contributed by atoms with van der Waals surface area (Å²) in [4.78, 5) is 33.7.